The van der Waals surface area contributed by atoms with Crippen molar-refractivity contribution in [3.63, 3.8) is 0 Å². The van der Waals surface area contributed by atoms with E-state index in [9.17, 15) is 9.90 Å². The maximum atomic E-state index is 12.9. The van der Waals surface area contributed by atoms with Crippen LogP contribution in [-0.2, 0) is 11.3 Å². The number of pyridine rings is 3. The van der Waals surface area contributed by atoms with Crippen molar-refractivity contribution in [1.82, 2.24) is 20.3 Å². The first-order valence-corrected chi connectivity index (χ1v) is 14.1. The van der Waals surface area contributed by atoms with Crippen molar-refractivity contribution in [2.75, 3.05) is 18.0 Å². The topological polar surface area (TPSA) is 100 Å². The summed E-state index contributed by atoms with van der Waals surface area (Å²) in [5.74, 6) is 1.23. The minimum atomic E-state index is -0.609. The lowest BCUT2D eigenvalue weighted by Gasteiger charge is -2.36. The second-order valence-corrected chi connectivity index (χ2v) is 11.1. The molecule has 8 heteroatoms. The molecule has 0 bridgehead atoms. The Kier molecular flexibility index (Phi) is 7.21. The Morgan fingerprint density at radius 2 is 1.82 bits per heavy atom. The van der Waals surface area contributed by atoms with E-state index in [0.29, 0.717) is 17.2 Å². The molecule has 1 amide bonds. The van der Waals surface area contributed by atoms with E-state index in [1.165, 1.54) is 0 Å². The molecule has 4 heterocycles. The highest BCUT2D eigenvalue weighted by Gasteiger charge is 2.28. The Labute approximate surface area is 234 Å². The van der Waals surface area contributed by atoms with Crippen molar-refractivity contribution in [3.8, 4) is 11.4 Å². The van der Waals surface area contributed by atoms with Crippen LogP contribution < -0.4 is 10.2 Å². The SMILES string of the molecule is C[C@@H]1CN(c2cccc(-c3ccc4cnc(CNC(=O)c5ccc(C6CC6)c([C@@H](C)O)c5)cc4n3)n2)C[C@H](C)O1. The number of nitrogens with zero attached hydrogens (tertiary/aromatic N) is 4. The van der Waals surface area contributed by atoms with Gasteiger partial charge < -0.3 is 20.1 Å². The zero-order valence-corrected chi connectivity index (χ0v) is 23.2. The summed E-state index contributed by atoms with van der Waals surface area (Å²) >= 11 is 0. The molecule has 1 aliphatic carbocycles. The van der Waals surface area contributed by atoms with Gasteiger partial charge in [-0.2, -0.15) is 0 Å². The number of benzene rings is 1. The van der Waals surface area contributed by atoms with Gasteiger partial charge in [-0.1, -0.05) is 12.1 Å². The minimum Gasteiger partial charge on any atom is -0.389 e. The van der Waals surface area contributed by atoms with Crippen molar-refractivity contribution < 1.29 is 14.6 Å². The van der Waals surface area contributed by atoms with E-state index in [-0.39, 0.29) is 24.7 Å². The lowest BCUT2D eigenvalue weighted by molar-refractivity contribution is -0.00545. The number of nitrogens with one attached hydrogen (secondary N) is 1. The van der Waals surface area contributed by atoms with Gasteiger partial charge in [-0.25, -0.2) is 9.97 Å². The van der Waals surface area contributed by atoms with Gasteiger partial charge >= 0.3 is 0 Å². The molecule has 1 saturated carbocycles. The van der Waals surface area contributed by atoms with Crippen LogP contribution in [0.5, 0.6) is 0 Å². The van der Waals surface area contributed by atoms with Crippen LogP contribution in [0.4, 0.5) is 5.82 Å². The van der Waals surface area contributed by atoms with Crippen LogP contribution in [0.3, 0.4) is 0 Å². The van der Waals surface area contributed by atoms with Crippen molar-refractivity contribution >= 4 is 22.6 Å². The Balaban J connectivity index is 1.18. The zero-order valence-electron chi connectivity index (χ0n) is 23.2. The molecule has 0 unspecified atom stereocenters. The number of morpholine rings is 1. The molecular formula is C32H35N5O3. The minimum absolute atomic E-state index is 0.154. The molecule has 0 spiro atoms. The standard InChI is InChI=1S/C32H35N5O3/c1-19-17-37(18-20(2)40-19)31-6-4-5-28(36-31)29-12-10-24-15-33-25(14-30(24)35-29)16-34-32(39)23-9-11-26(22-7-8-22)27(13-23)21(3)38/h4-6,9-15,19-22,38H,7-8,16-18H2,1-3H3,(H,34,39)/t19-,20+,21-/m1/s1. The molecule has 2 aliphatic rings. The van der Waals surface area contributed by atoms with Crippen molar-refractivity contribution in [1.29, 1.82) is 0 Å². The molecule has 206 valence electrons. The number of fused-ring (bicyclic) bond motifs is 1. The van der Waals surface area contributed by atoms with Crippen LogP contribution in [-0.4, -0.2) is 51.3 Å². The van der Waals surface area contributed by atoms with Gasteiger partial charge in [-0.3, -0.25) is 9.78 Å². The van der Waals surface area contributed by atoms with Crippen LogP contribution >= 0.6 is 0 Å². The number of hydrogen-bond donors (Lipinski definition) is 2. The van der Waals surface area contributed by atoms with E-state index in [1.807, 2.05) is 54.6 Å². The fourth-order valence-corrected chi connectivity index (χ4v) is 5.52. The van der Waals surface area contributed by atoms with Crippen LogP contribution in [0.15, 0.2) is 60.8 Å². The summed E-state index contributed by atoms with van der Waals surface area (Å²) in [6.45, 7) is 7.80. The average Bonchev–Trinajstić information content (AvgIpc) is 3.80. The number of amides is 1. The quantitative estimate of drug-likeness (QED) is 0.336. The van der Waals surface area contributed by atoms with Gasteiger partial charge in [0.15, 0.2) is 0 Å². The van der Waals surface area contributed by atoms with Gasteiger partial charge in [0.2, 0.25) is 0 Å². The lowest BCUT2D eigenvalue weighted by Crippen LogP contribution is -2.45. The summed E-state index contributed by atoms with van der Waals surface area (Å²) < 4.78 is 5.88. The van der Waals surface area contributed by atoms with Crippen molar-refractivity contribution in [2.45, 2.75) is 64.4 Å². The molecule has 3 aromatic heterocycles. The summed E-state index contributed by atoms with van der Waals surface area (Å²) in [5, 5.41) is 14.1. The maximum absolute atomic E-state index is 12.9. The summed E-state index contributed by atoms with van der Waals surface area (Å²) in [6.07, 6.45) is 3.76. The second kappa shape index (κ2) is 10.9. The molecule has 1 aliphatic heterocycles. The Morgan fingerprint density at radius 1 is 1.05 bits per heavy atom. The molecule has 40 heavy (non-hydrogen) atoms. The van der Waals surface area contributed by atoms with Crippen molar-refractivity contribution in [3.05, 3.63) is 83.2 Å². The molecule has 0 radical (unpaired) electrons. The third kappa shape index (κ3) is 5.69. The number of aliphatic hydroxyl groups is 1. The second-order valence-electron chi connectivity index (χ2n) is 11.1. The van der Waals surface area contributed by atoms with E-state index in [4.69, 9.17) is 14.7 Å². The number of carbonyl (C=O) groups excluding carboxylic acids is 1. The first-order valence-electron chi connectivity index (χ1n) is 14.1. The number of aliphatic hydroxyl groups excluding tert-OH is 1. The number of rotatable bonds is 7. The molecule has 2 N–H and O–H groups in total. The highest BCUT2D eigenvalue weighted by Crippen LogP contribution is 2.43. The Bertz CT molecular complexity index is 1540. The average molecular weight is 538 g/mol. The van der Waals surface area contributed by atoms with E-state index in [1.54, 1.807) is 13.1 Å². The largest absolute Gasteiger partial charge is 0.389 e. The van der Waals surface area contributed by atoms with Gasteiger partial charge in [0.25, 0.3) is 5.91 Å². The molecular weight excluding hydrogens is 502 g/mol. The normalized spacial score (nSPS) is 19.9. The van der Waals surface area contributed by atoms with Gasteiger partial charge in [0.05, 0.1) is 47.5 Å². The first kappa shape index (κ1) is 26.3. The zero-order chi connectivity index (χ0) is 27.8. The van der Waals surface area contributed by atoms with E-state index >= 15 is 0 Å². The molecule has 1 aromatic carbocycles. The molecule has 6 rings (SSSR count). The molecule has 1 saturated heterocycles. The number of ether oxygens (including phenoxy) is 1. The predicted octanol–water partition coefficient (Wildman–Crippen LogP) is 5.17. The van der Waals surface area contributed by atoms with Gasteiger partial charge in [-0.15, -0.1) is 0 Å². The highest BCUT2D eigenvalue weighted by molar-refractivity contribution is 5.94. The molecule has 8 nitrogen and oxygen atoms in total. The van der Waals surface area contributed by atoms with E-state index < -0.39 is 6.10 Å². The van der Waals surface area contributed by atoms with E-state index in [2.05, 4.69) is 29.0 Å². The third-order valence-corrected chi connectivity index (χ3v) is 7.62. The number of anilines is 1. The summed E-state index contributed by atoms with van der Waals surface area (Å²) in [6, 6.07) is 17.5. The monoisotopic (exact) mass is 537 g/mol. The smallest absolute Gasteiger partial charge is 0.251 e. The fourth-order valence-electron chi connectivity index (χ4n) is 5.52. The maximum Gasteiger partial charge on any atom is 0.251 e. The van der Waals surface area contributed by atoms with Gasteiger partial charge in [0, 0.05) is 30.2 Å². The lowest BCUT2D eigenvalue weighted by atomic mass is 9.96. The molecule has 4 aromatic rings. The van der Waals surface area contributed by atoms with Gasteiger partial charge in [-0.05, 0) is 93.1 Å². The van der Waals surface area contributed by atoms with Crippen LogP contribution in [0.2, 0.25) is 0 Å². The first-order chi connectivity index (χ1) is 19.3. The molecule has 2 fully saturated rings. The van der Waals surface area contributed by atoms with Gasteiger partial charge in [0.1, 0.15) is 5.82 Å². The fraction of sp³-hybridized carbons (Fsp3) is 0.375. The third-order valence-electron chi connectivity index (χ3n) is 7.62. The predicted molar refractivity (Wildman–Crippen MR) is 155 cm³/mol. The molecule has 3 atom stereocenters. The van der Waals surface area contributed by atoms with Crippen LogP contribution in [0.1, 0.15) is 72.8 Å². The number of aromatic nitrogens is 3. The van der Waals surface area contributed by atoms with Crippen LogP contribution in [0, 0.1) is 0 Å². The van der Waals surface area contributed by atoms with Crippen LogP contribution in [0.25, 0.3) is 22.3 Å². The Morgan fingerprint density at radius 3 is 2.58 bits per heavy atom. The summed E-state index contributed by atoms with van der Waals surface area (Å²) in [7, 11) is 0. The summed E-state index contributed by atoms with van der Waals surface area (Å²) in [5.41, 5.74) is 5.63. The Hall–Kier alpha value is -3.88. The van der Waals surface area contributed by atoms with Crippen molar-refractivity contribution in [2.24, 2.45) is 0 Å². The number of hydrogen-bond acceptors (Lipinski definition) is 7. The highest BCUT2D eigenvalue weighted by atomic mass is 16.5. The summed E-state index contributed by atoms with van der Waals surface area (Å²) in [4.78, 5) is 29.5. The van der Waals surface area contributed by atoms with E-state index in [0.717, 1.165) is 65.2 Å². The number of carbonyl (C=O) groups is 1.